The van der Waals surface area contributed by atoms with Crippen molar-refractivity contribution in [1.29, 1.82) is 0 Å². The number of hydrogen-bond donors (Lipinski definition) is 2. The van der Waals surface area contributed by atoms with Gasteiger partial charge in [0.25, 0.3) is 0 Å². The smallest absolute Gasteiger partial charge is 0.423 e. The maximum atomic E-state index is 9.44. The fourth-order valence-electron chi connectivity index (χ4n) is 2.15. The Kier molecular flexibility index (Phi) is 3.85. The zero-order valence-electron chi connectivity index (χ0n) is 10.7. The van der Waals surface area contributed by atoms with Gasteiger partial charge in [-0.1, -0.05) is 49.4 Å². The first-order chi connectivity index (χ1) is 8.63. The van der Waals surface area contributed by atoms with Gasteiger partial charge in [-0.05, 0) is 41.1 Å². The number of benzene rings is 2. The van der Waals surface area contributed by atoms with Crippen LogP contribution in [0.3, 0.4) is 0 Å². The third-order valence-corrected chi connectivity index (χ3v) is 3.24. The summed E-state index contributed by atoms with van der Waals surface area (Å²) in [5.41, 5.74) is 4.89. The van der Waals surface area contributed by atoms with Crippen LogP contribution in [0.15, 0.2) is 42.5 Å². The Morgan fingerprint density at radius 3 is 2.39 bits per heavy atom. The van der Waals surface area contributed by atoms with E-state index in [0.29, 0.717) is 5.46 Å². The van der Waals surface area contributed by atoms with Crippen molar-refractivity contribution in [3.63, 3.8) is 0 Å². The van der Waals surface area contributed by atoms with Gasteiger partial charge < -0.3 is 10.0 Å². The van der Waals surface area contributed by atoms with E-state index in [-0.39, 0.29) is 0 Å². The number of rotatable bonds is 3. The maximum Gasteiger partial charge on any atom is 0.489 e. The lowest BCUT2D eigenvalue weighted by molar-refractivity contribution is 0.426. The molecule has 92 valence electrons. The Bertz CT molecular complexity index is 550. The molecule has 0 aliphatic rings. The average Bonchev–Trinajstić information content (AvgIpc) is 2.39. The highest BCUT2D eigenvalue weighted by molar-refractivity contribution is 6.60. The Morgan fingerprint density at radius 2 is 1.72 bits per heavy atom. The van der Waals surface area contributed by atoms with Gasteiger partial charge in [0, 0.05) is 0 Å². The van der Waals surface area contributed by atoms with Crippen LogP contribution in [0, 0.1) is 6.92 Å². The first-order valence-electron chi connectivity index (χ1n) is 6.18. The minimum absolute atomic E-state index is 0.550. The van der Waals surface area contributed by atoms with E-state index >= 15 is 0 Å². The van der Waals surface area contributed by atoms with E-state index < -0.39 is 7.12 Å². The van der Waals surface area contributed by atoms with Crippen molar-refractivity contribution >= 4 is 12.6 Å². The van der Waals surface area contributed by atoms with Gasteiger partial charge in [-0.2, -0.15) is 0 Å². The molecule has 0 aliphatic heterocycles. The quantitative estimate of drug-likeness (QED) is 0.804. The first-order valence-corrected chi connectivity index (χ1v) is 6.18. The summed E-state index contributed by atoms with van der Waals surface area (Å²) in [6, 6.07) is 13.7. The average molecular weight is 240 g/mol. The molecule has 2 N–H and O–H groups in total. The van der Waals surface area contributed by atoms with Gasteiger partial charge in [0.2, 0.25) is 0 Å². The number of aryl methyl sites for hydroxylation is 2. The Hall–Kier alpha value is -1.58. The lowest BCUT2D eigenvalue weighted by atomic mass is 9.75. The Labute approximate surface area is 108 Å². The maximum absolute atomic E-state index is 9.44. The van der Waals surface area contributed by atoms with Gasteiger partial charge in [-0.3, -0.25) is 0 Å². The molecule has 18 heavy (non-hydrogen) atoms. The van der Waals surface area contributed by atoms with Gasteiger partial charge in [0.1, 0.15) is 0 Å². The normalized spacial score (nSPS) is 10.4. The van der Waals surface area contributed by atoms with E-state index in [4.69, 9.17) is 0 Å². The Balaban J connectivity index is 2.61. The lowest BCUT2D eigenvalue weighted by Crippen LogP contribution is -2.31. The van der Waals surface area contributed by atoms with Crippen molar-refractivity contribution in [1.82, 2.24) is 0 Å². The summed E-state index contributed by atoms with van der Waals surface area (Å²) < 4.78 is 0. The predicted octanol–water partition coefficient (Wildman–Crippen LogP) is 1.90. The fraction of sp³-hybridized carbons (Fsp3) is 0.200. The highest BCUT2D eigenvalue weighted by atomic mass is 16.4. The van der Waals surface area contributed by atoms with Crippen LogP contribution in [0.25, 0.3) is 11.1 Å². The highest BCUT2D eigenvalue weighted by Gasteiger charge is 2.17. The van der Waals surface area contributed by atoms with Crippen molar-refractivity contribution in [3.05, 3.63) is 53.6 Å². The van der Waals surface area contributed by atoms with Crippen molar-refractivity contribution in [2.75, 3.05) is 0 Å². The minimum atomic E-state index is -1.44. The van der Waals surface area contributed by atoms with Crippen LogP contribution in [-0.2, 0) is 6.42 Å². The summed E-state index contributed by atoms with van der Waals surface area (Å²) in [6.07, 6.45) is 0.969. The molecule has 0 radical (unpaired) electrons. The highest BCUT2D eigenvalue weighted by Crippen LogP contribution is 2.23. The molecule has 2 aromatic rings. The molecule has 2 aromatic carbocycles. The predicted molar refractivity (Wildman–Crippen MR) is 75.8 cm³/mol. The standard InChI is InChI=1S/C15H17BO2/c1-3-12-9-8-11(2)14(10-12)13-6-4-5-7-15(13)16(17)18/h4-10,17-18H,3H2,1-2H3. The summed E-state index contributed by atoms with van der Waals surface area (Å²) in [5, 5.41) is 18.9. The van der Waals surface area contributed by atoms with Crippen LogP contribution < -0.4 is 5.46 Å². The summed E-state index contributed by atoms with van der Waals surface area (Å²) in [6.45, 7) is 4.15. The summed E-state index contributed by atoms with van der Waals surface area (Å²) >= 11 is 0. The van der Waals surface area contributed by atoms with Gasteiger partial charge in [-0.25, -0.2) is 0 Å². The molecule has 0 amide bonds. The van der Waals surface area contributed by atoms with Crippen LogP contribution >= 0.6 is 0 Å². The molecule has 0 atom stereocenters. The van der Waals surface area contributed by atoms with Crippen LogP contribution in [0.2, 0.25) is 0 Å². The summed E-state index contributed by atoms with van der Waals surface area (Å²) in [5.74, 6) is 0. The molecule has 0 bridgehead atoms. The molecule has 2 rings (SSSR count). The number of hydrogen-bond acceptors (Lipinski definition) is 2. The molecule has 3 heteroatoms. The molecule has 0 aromatic heterocycles. The third-order valence-electron chi connectivity index (χ3n) is 3.24. The van der Waals surface area contributed by atoms with E-state index in [1.165, 1.54) is 5.56 Å². The molecular weight excluding hydrogens is 223 g/mol. The molecule has 0 spiro atoms. The SMILES string of the molecule is CCc1ccc(C)c(-c2ccccc2B(O)O)c1. The summed E-state index contributed by atoms with van der Waals surface area (Å²) in [7, 11) is -1.44. The lowest BCUT2D eigenvalue weighted by Gasteiger charge is -2.12. The molecule has 0 aliphatic carbocycles. The minimum Gasteiger partial charge on any atom is -0.423 e. The largest absolute Gasteiger partial charge is 0.489 e. The molecular formula is C15H17BO2. The van der Waals surface area contributed by atoms with E-state index in [2.05, 4.69) is 25.1 Å². The zero-order chi connectivity index (χ0) is 13.1. The Morgan fingerprint density at radius 1 is 1.00 bits per heavy atom. The van der Waals surface area contributed by atoms with Crippen molar-refractivity contribution < 1.29 is 10.0 Å². The topological polar surface area (TPSA) is 40.5 Å². The van der Waals surface area contributed by atoms with Crippen LogP contribution in [0.4, 0.5) is 0 Å². The summed E-state index contributed by atoms with van der Waals surface area (Å²) in [4.78, 5) is 0. The van der Waals surface area contributed by atoms with Crippen LogP contribution in [-0.4, -0.2) is 17.2 Å². The van der Waals surface area contributed by atoms with Crippen LogP contribution in [0.5, 0.6) is 0 Å². The zero-order valence-corrected chi connectivity index (χ0v) is 10.7. The first kappa shape index (κ1) is 12.9. The van der Waals surface area contributed by atoms with Crippen LogP contribution in [0.1, 0.15) is 18.1 Å². The third kappa shape index (κ3) is 2.47. The monoisotopic (exact) mass is 240 g/mol. The molecule has 0 fully saturated rings. The van der Waals surface area contributed by atoms with Gasteiger partial charge in [-0.15, -0.1) is 0 Å². The molecule has 0 heterocycles. The van der Waals surface area contributed by atoms with Crippen molar-refractivity contribution in [2.45, 2.75) is 20.3 Å². The van der Waals surface area contributed by atoms with Crippen molar-refractivity contribution in [2.24, 2.45) is 0 Å². The van der Waals surface area contributed by atoms with Gasteiger partial charge >= 0.3 is 7.12 Å². The van der Waals surface area contributed by atoms with E-state index in [1.807, 2.05) is 25.1 Å². The molecule has 2 nitrogen and oxygen atoms in total. The fourth-order valence-corrected chi connectivity index (χ4v) is 2.15. The van der Waals surface area contributed by atoms with Crippen molar-refractivity contribution in [3.8, 4) is 11.1 Å². The second-order valence-electron chi connectivity index (χ2n) is 4.46. The molecule has 0 saturated carbocycles. The second kappa shape index (κ2) is 5.38. The van der Waals surface area contributed by atoms with E-state index in [0.717, 1.165) is 23.1 Å². The van der Waals surface area contributed by atoms with E-state index in [1.54, 1.807) is 6.07 Å². The molecule has 0 saturated heterocycles. The van der Waals surface area contributed by atoms with Gasteiger partial charge in [0.15, 0.2) is 0 Å². The van der Waals surface area contributed by atoms with Gasteiger partial charge in [0.05, 0.1) is 0 Å². The second-order valence-corrected chi connectivity index (χ2v) is 4.46. The van der Waals surface area contributed by atoms with E-state index in [9.17, 15) is 10.0 Å². The molecule has 0 unspecified atom stereocenters.